The quantitative estimate of drug-likeness (QED) is 0.757. The van der Waals surface area contributed by atoms with Gasteiger partial charge in [0.2, 0.25) is 5.91 Å². The average Bonchev–Trinajstić information content (AvgIpc) is 2.81. The van der Waals surface area contributed by atoms with Gasteiger partial charge in [-0.2, -0.15) is 0 Å². The van der Waals surface area contributed by atoms with Crippen LogP contribution in [0.1, 0.15) is 43.8 Å². The first-order valence-electron chi connectivity index (χ1n) is 6.62. The topological polar surface area (TPSA) is 68.0 Å². The Kier molecular flexibility index (Phi) is 6.90. The van der Waals surface area contributed by atoms with E-state index in [1.807, 2.05) is 5.38 Å². The van der Waals surface area contributed by atoms with Crippen molar-refractivity contribution in [1.82, 2.24) is 10.3 Å². The van der Waals surface area contributed by atoms with Gasteiger partial charge in [0, 0.05) is 18.0 Å². The van der Waals surface area contributed by atoms with E-state index in [9.17, 15) is 4.79 Å². The molecule has 1 aromatic heterocycles. The first-order valence-corrected chi connectivity index (χ1v) is 7.50. The van der Waals surface area contributed by atoms with Gasteiger partial charge in [-0.1, -0.05) is 26.7 Å². The third-order valence-electron chi connectivity index (χ3n) is 2.80. The zero-order chi connectivity index (χ0) is 13.4. The van der Waals surface area contributed by atoms with Crippen molar-refractivity contribution in [2.75, 3.05) is 6.54 Å². The van der Waals surface area contributed by atoms with Crippen LogP contribution in [0.4, 0.5) is 0 Å². The Morgan fingerprint density at radius 3 is 2.89 bits per heavy atom. The maximum absolute atomic E-state index is 11.8. The van der Waals surface area contributed by atoms with Crippen LogP contribution < -0.4 is 11.1 Å². The minimum atomic E-state index is 0.0227. The Morgan fingerprint density at radius 2 is 2.33 bits per heavy atom. The lowest BCUT2D eigenvalue weighted by molar-refractivity contribution is -0.121. The molecule has 1 amide bonds. The number of aromatic nitrogens is 1. The van der Waals surface area contributed by atoms with Crippen LogP contribution in [-0.2, 0) is 17.6 Å². The largest absolute Gasteiger partial charge is 0.352 e. The molecule has 1 unspecified atom stereocenters. The molecule has 1 heterocycles. The van der Waals surface area contributed by atoms with Crippen molar-refractivity contribution in [3.05, 3.63) is 16.1 Å². The summed E-state index contributed by atoms with van der Waals surface area (Å²) in [5, 5.41) is 6.02. The van der Waals surface area contributed by atoms with E-state index in [1.54, 1.807) is 11.3 Å². The highest BCUT2D eigenvalue weighted by Crippen LogP contribution is 2.10. The maximum atomic E-state index is 11.8. The molecule has 0 spiro atoms. The number of unbranched alkanes of at least 4 members (excludes halogenated alkanes) is 1. The molecule has 0 saturated carbocycles. The van der Waals surface area contributed by atoms with E-state index in [-0.39, 0.29) is 11.9 Å². The highest BCUT2D eigenvalue weighted by Gasteiger charge is 2.12. The predicted molar refractivity (Wildman–Crippen MR) is 75.7 cm³/mol. The summed E-state index contributed by atoms with van der Waals surface area (Å²) in [6, 6.07) is 0.0988. The first-order chi connectivity index (χ1) is 8.69. The third-order valence-corrected chi connectivity index (χ3v) is 3.84. The lowest BCUT2D eigenvalue weighted by Crippen LogP contribution is -2.40. The number of amides is 1. The summed E-state index contributed by atoms with van der Waals surface area (Å²) in [7, 11) is 0. The molecule has 3 N–H and O–H groups in total. The molecule has 1 rings (SSSR count). The minimum absolute atomic E-state index is 0.0227. The molecular formula is C13H23N3OS. The molecule has 0 fully saturated rings. The molecular weight excluding hydrogens is 246 g/mol. The van der Waals surface area contributed by atoms with Crippen LogP contribution >= 0.6 is 11.3 Å². The molecule has 0 aliphatic rings. The number of nitrogens with two attached hydrogens (primary N) is 1. The Hall–Kier alpha value is -0.940. The van der Waals surface area contributed by atoms with Crippen molar-refractivity contribution in [2.45, 2.75) is 52.0 Å². The van der Waals surface area contributed by atoms with E-state index >= 15 is 0 Å². The van der Waals surface area contributed by atoms with Crippen molar-refractivity contribution in [1.29, 1.82) is 0 Å². The van der Waals surface area contributed by atoms with E-state index in [2.05, 4.69) is 24.1 Å². The normalized spacial score (nSPS) is 12.4. The van der Waals surface area contributed by atoms with Crippen LogP contribution in [0.2, 0.25) is 0 Å². The van der Waals surface area contributed by atoms with Gasteiger partial charge >= 0.3 is 0 Å². The Labute approximate surface area is 113 Å². The van der Waals surface area contributed by atoms with Crippen LogP contribution in [0.5, 0.6) is 0 Å². The van der Waals surface area contributed by atoms with Crippen LogP contribution in [-0.4, -0.2) is 23.5 Å². The van der Waals surface area contributed by atoms with Crippen LogP contribution in [0, 0.1) is 0 Å². The summed E-state index contributed by atoms with van der Waals surface area (Å²) < 4.78 is 0. The fourth-order valence-corrected chi connectivity index (χ4v) is 2.48. The van der Waals surface area contributed by atoms with E-state index in [4.69, 9.17) is 5.73 Å². The van der Waals surface area contributed by atoms with Crippen LogP contribution in [0.25, 0.3) is 0 Å². The molecule has 1 atom stereocenters. The summed E-state index contributed by atoms with van der Waals surface area (Å²) in [6.07, 6.45) is 4.46. The highest BCUT2D eigenvalue weighted by molar-refractivity contribution is 7.09. The second-order valence-electron chi connectivity index (χ2n) is 4.41. The van der Waals surface area contributed by atoms with E-state index in [0.717, 1.165) is 36.4 Å². The number of carbonyl (C=O) groups excluding carboxylic acids is 1. The minimum Gasteiger partial charge on any atom is -0.352 e. The van der Waals surface area contributed by atoms with Crippen LogP contribution in [0.3, 0.4) is 0 Å². The standard InChI is InChI=1S/C13H23N3OS/c1-3-5-6-10(8-14)15-12(17)7-11-9-18-13(4-2)16-11/h9-10H,3-8,14H2,1-2H3,(H,15,17). The molecule has 4 nitrogen and oxygen atoms in total. The van der Waals surface area contributed by atoms with Gasteiger partial charge in [-0.15, -0.1) is 11.3 Å². The molecule has 0 aliphatic heterocycles. The third kappa shape index (κ3) is 5.14. The monoisotopic (exact) mass is 269 g/mol. The van der Waals surface area contributed by atoms with Gasteiger partial charge in [0.15, 0.2) is 0 Å². The van der Waals surface area contributed by atoms with Crippen LogP contribution in [0.15, 0.2) is 5.38 Å². The summed E-state index contributed by atoms with van der Waals surface area (Å²) in [5.74, 6) is 0.0227. The average molecular weight is 269 g/mol. The Balaban J connectivity index is 2.39. The first kappa shape index (κ1) is 15.1. The van der Waals surface area contributed by atoms with E-state index in [0.29, 0.717) is 13.0 Å². The van der Waals surface area contributed by atoms with E-state index < -0.39 is 0 Å². The molecule has 0 radical (unpaired) electrons. The molecule has 0 saturated heterocycles. The lowest BCUT2D eigenvalue weighted by Gasteiger charge is -2.15. The molecule has 18 heavy (non-hydrogen) atoms. The van der Waals surface area contributed by atoms with Crippen molar-refractivity contribution in [3.63, 3.8) is 0 Å². The van der Waals surface area contributed by atoms with Gasteiger partial charge in [0.1, 0.15) is 0 Å². The molecule has 1 aromatic rings. The second-order valence-corrected chi connectivity index (χ2v) is 5.35. The summed E-state index contributed by atoms with van der Waals surface area (Å²) in [6.45, 7) is 4.71. The Morgan fingerprint density at radius 1 is 1.56 bits per heavy atom. The fraction of sp³-hybridized carbons (Fsp3) is 0.692. The number of hydrogen-bond donors (Lipinski definition) is 2. The molecule has 0 aliphatic carbocycles. The van der Waals surface area contributed by atoms with Gasteiger partial charge < -0.3 is 11.1 Å². The van der Waals surface area contributed by atoms with Crippen molar-refractivity contribution in [3.8, 4) is 0 Å². The maximum Gasteiger partial charge on any atom is 0.226 e. The number of thiazole rings is 1. The smallest absolute Gasteiger partial charge is 0.226 e. The number of nitrogens with zero attached hydrogens (tertiary/aromatic N) is 1. The summed E-state index contributed by atoms with van der Waals surface area (Å²) >= 11 is 1.61. The molecule has 0 aromatic carbocycles. The van der Waals surface area contributed by atoms with Gasteiger partial charge in [-0.3, -0.25) is 4.79 Å². The molecule has 0 bridgehead atoms. The predicted octanol–water partition coefficient (Wildman–Crippen LogP) is 1.88. The summed E-state index contributed by atoms with van der Waals surface area (Å²) in [5.41, 5.74) is 6.51. The zero-order valence-corrected chi connectivity index (χ0v) is 12.1. The fourth-order valence-electron chi connectivity index (χ4n) is 1.74. The SMILES string of the molecule is CCCCC(CN)NC(=O)Cc1csc(CC)n1. The van der Waals surface area contributed by atoms with E-state index in [1.165, 1.54) is 0 Å². The number of rotatable bonds is 8. The van der Waals surface area contributed by atoms with Gasteiger partial charge in [0.25, 0.3) is 0 Å². The van der Waals surface area contributed by atoms with Crippen molar-refractivity contribution in [2.24, 2.45) is 5.73 Å². The zero-order valence-electron chi connectivity index (χ0n) is 11.2. The number of carbonyl (C=O) groups is 1. The lowest BCUT2D eigenvalue weighted by atomic mass is 10.1. The molecule has 5 heteroatoms. The van der Waals surface area contributed by atoms with Gasteiger partial charge in [-0.05, 0) is 12.8 Å². The summed E-state index contributed by atoms with van der Waals surface area (Å²) in [4.78, 5) is 16.2. The highest BCUT2D eigenvalue weighted by atomic mass is 32.1. The second kappa shape index (κ2) is 8.21. The van der Waals surface area contributed by atoms with Crippen molar-refractivity contribution < 1.29 is 4.79 Å². The molecule has 102 valence electrons. The number of nitrogens with one attached hydrogen (secondary N) is 1. The van der Waals surface area contributed by atoms with Gasteiger partial charge in [-0.25, -0.2) is 4.98 Å². The number of aryl methyl sites for hydroxylation is 1. The Bertz CT molecular complexity index is 365. The number of hydrogen-bond acceptors (Lipinski definition) is 4. The van der Waals surface area contributed by atoms with Gasteiger partial charge in [0.05, 0.1) is 17.1 Å². The van der Waals surface area contributed by atoms with Crippen molar-refractivity contribution >= 4 is 17.2 Å².